The van der Waals surface area contributed by atoms with Crippen LogP contribution < -0.4 is 10.2 Å². The van der Waals surface area contributed by atoms with Crippen LogP contribution in [-0.4, -0.2) is 23.3 Å². The van der Waals surface area contributed by atoms with Gasteiger partial charge in [0, 0.05) is 29.3 Å². The van der Waals surface area contributed by atoms with Gasteiger partial charge in [0.15, 0.2) is 0 Å². The van der Waals surface area contributed by atoms with Crippen LogP contribution in [0.2, 0.25) is 0 Å². The van der Waals surface area contributed by atoms with Crippen LogP contribution in [0.5, 0.6) is 0 Å². The lowest BCUT2D eigenvalue weighted by Crippen LogP contribution is -2.28. The number of nitrogens with one attached hydrogen (secondary N) is 1. The number of aromatic nitrogens is 1. The van der Waals surface area contributed by atoms with Crippen molar-refractivity contribution in [3.63, 3.8) is 0 Å². The Labute approximate surface area is 142 Å². The molecule has 0 aliphatic carbocycles. The molecule has 0 radical (unpaired) electrons. The summed E-state index contributed by atoms with van der Waals surface area (Å²) in [6.45, 7) is 2.39. The first-order valence-electron chi connectivity index (χ1n) is 7.32. The molecule has 2 amide bonds. The van der Waals surface area contributed by atoms with Gasteiger partial charge in [-0.05, 0) is 47.1 Å². The molecule has 0 saturated carbocycles. The Hall–Kier alpha value is -2.21. The number of aryl methyl sites for hydroxylation is 1. The summed E-state index contributed by atoms with van der Waals surface area (Å²) in [6, 6.07) is 11.3. The number of carbonyl (C=O) groups excluding carboxylic acids is 2. The fourth-order valence-corrected chi connectivity index (χ4v) is 2.77. The summed E-state index contributed by atoms with van der Waals surface area (Å²) in [7, 11) is 0. The maximum Gasteiger partial charge on any atom is 0.230 e. The summed E-state index contributed by atoms with van der Waals surface area (Å²) >= 11 is 3.30. The van der Waals surface area contributed by atoms with Gasteiger partial charge in [-0.3, -0.25) is 9.59 Å². The molecule has 1 unspecified atom stereocenters. The van der Waals surface area contributed by atoms with E-state index in [1.807, 2.05) is 31.2 Å². The molecule has 0 spiro atoms. The van der Waals surface area contributed by atoms with Crippen LogP contribution >= 0.6 is 15.9 Å². The number of pyridine rings is 1. The van der Waals surface area contributed by atoms with E-state index < -0.39 is 0 Å². The second-order valence-corrected chi connectivity index (χ2v) is 6.51. The number of halogens is 1. The molecule has 1 aliphatic heterocycles. The number of hydrogen-bond acceptors (Lipinski definition) is 3. The Balaban J connectivity index is 1.68. The summed E-state index contributed by atoms with van der Waals surface area (Å²) in [5.74, 6) is -0.0887. The minimum absolute atomic E-state index is 0.0298. The third-order valence-corrected chi connectivity index (χ3v) is 4.29. The van der Waals surface area contributed by atoms with Crippen LogP contribution in [-0.2, 0) is 9.59 Å². The lowest BCUT2D eigenvalue weighted by Gasteiger charge is -2.16. The molecule has 5 nitrogen and oxygen atoms in total. The number of amides is 2. The molecule has 1 fully saturated rings. The minimum atomic E-state index is -0.366. The van der Waals surface area contributed by atoms with Crippen molar-refractivity contribution in [2.75, 3.05) is 16.8 Å². The van der Waals surface area contributed by atoms with E-state index in [4.69, 9.17) is 0 Å². The maximum absolute atomic E-state index is 12.3. The topological polar surface area (TPSA) is 62.3 Å². The summed E-state index contributed by atoms with van der Waals surface area (Å²) in [6.07, 6.45) is 1.84. The van der Waals surface area contributed by atoms with Gasteiger partial charge in [0.05, 0.1) is 5.92 Å². The monoisotopic (exact) mass is 373 g/mol. The fourth-order valence-electron chi connectivity index (χ4n) is 2.54. The van der Waals surface area contributed by atoms with Crippen molar-refractivity contribution in [1.29, 1.82) is 0 Å². The largest absolute Gasteiger partial charge is 0.312 e. The molecule has 118 valence electrons. The Morgan fingerprint density at radius 3 is 2.65 bits per heavy atom. The van der Waals surface area contributed by atoms with E-state index >= 15 is 0 Å². The van der Waals surface area contributed by atoms with Gasteiger partial charge in [0.25, 0.3) is 0 Å². The zero-order chi connectivity index (χ0) is 16.4. The standard InChI is InChI=1S/C17H16BrN3O2/c1-11-2-5-14(6-3-11)21-10-12(8-16(21)22)17(23)20-15-7-4-13(18)9-19-15/h2-7,9,12H,8,10H2,1H3,(H,19,20,23). The van der Waals surface area contributed by atoms with Crippen molar-refractivity contribution >= 4 is 39.2 Å². The van der Waals surface area contributed by atoms with E-state index in [0.717, 1.165) is 15.7 Å². The number of carbonyl (C=O) groups is 2. The second-order valence-electron chi connectivity index (χ2n) is 5.59. The van der Waals surface area contributed by atoms with Gasteiger partial charge in [-0.2, -0.15) is 0 Å². The molecular formula is C17H16BrN3O2. The van der Waals surface area contributed by atoms with Gasteiger partial charge in [-0.1, -0.05) is 17.7 Å². The molecule has 1 atom stereocenters. The third-order valence-electron chi connectivity index (χ3n) is 3.82. The molecule has 2 heterocycles. The highest BCUT2D eigenvalue weighted by Gasteiger charge is 2.35. The van der Waals surface area contributed by atoms with Gasteiger partial charge in [-0.15, -0.1) is 0 Å². The van der Waals surface area contributed by atoms with E-state index in [-0.39, 0.29) is 24.2 Å². The van der Waals surface area contributed by atoms with Gasteiger partial charge in [0.2, 0.25) is 11.8 Å². The highest BCUT2D eigenvalue weighted by molar-refractivity contribution is 9.10. The molecule has 1 N–H and O–H groups in total. The average Bonchev–Trinajstić information content (AvgIpc) is 2.92. The second kappa shape index (κ2) is 6.50. The van der Waals surface area contributed by atoms with Crippen LogP contribution in [0.25, 0.3) is 0 Å². The van der Waals surface area contributed by atoms with E-state index in [1.165, 1.54) is 0 Å². The van der Waals surface area contributed by atoms with Crippen LogP contribution in [0.1, 0.15) is 12.0 Å². The Morgan fingerprint density at radius 2 is 2.00 bits per heavy atom. The van der Waals surface area contributed by atoms with E-state index in [1.54, 1.807) is 23.2 Å². The van der Waals surface area contributed by atoms with Crippen LogP contribution in [0.3, 0.4) is 0 Å². The first kappa shape index (κ1) is 15.7. The summed E-state index contributed by atoms with van der Waals surface area (Å²) in [5.41, 5.74) is 1.97. The zero-order valence-electron chi connectivity index (χ0n) is 12.6. The number of hydrogen-bond donors (Lipinski definition) is 1. The summed E-state index contributed by atoms with van der Waals surface area (Å²) in [4.78, 5) is 30.3. The van der Waals surface area contributed by atoms with Crippen molar-refractivity contribution < 1.29 is 9.59 Å². The highest BCUT2D eigenvalue weighted by Crippen LogP contribution is 2.26. The summed E-state index contributed by atoms with van der Waals surface area (Å²) in [5, 5.41) is 2.76. The predicted molar refractivity (Wildman–Crippen MR) is 92.2 cm³/mol. The molecule has 2 aromatic rings. The first-order chi connectivity index (χ1) is 11.0. The number of anilines is 2. The third kappa shape index (κ3) is 3.59. The van der Waals surface area contributed by atoms with Crippen molar-refractivity contribution in [3.05, 3.63) is 52.6 Å². The normalized spacial score (nSPS) is 17.4. The van der Waals surface area contributed by atoms with Crippen LogP contribution in [0.4, 0.5) is 11.5 Å². The quantitative estimate of drug-likeness (QED) is 0.898. The van der Waals surface area contributed by atoms with Crippen LogP contribution in [0.15, 0.2) is 47.1 Å². The molecule has 1 saturated heterocycles. The van der Waals surface area contributed by atoms with Crippen molar-refractivity contribution in [2.45, 2.75) is 13.3 Å². The van der Waals surface area contributed by atoms with E-state index in [2.05, 4.69) is 26.2 Å². The van der Waals surface area contributed by atoms with Gasteiger partial charge < -0.3 is 10.2 Å². The average molecular weight is 374 g/mol. The van der Waals surface area contributed by atoms with Gasteiger partial charge >= 0.3 is 0 Å². The lowest BCUT2D eigenvalue weighted by molar-refractivity contribution is -0.122. The Kier molecular flexibility index (Phi) is 4.43. The van der Waals surface area contributed by atoms with Crippen LogP contribution in [0, 0.1) is 12.8 Å². The SMILES string of the molecule is Cc1ccc(N2CC(C(=O)Nc3ccc(Br)cn3)CC2=O)cc1. The Morgan fingerprint density at radius 1 is 1.26 bits per heavy atom. The number of nitrogens with zero attached hydrogens (tertiary/aromatic N) is 2. The van der Waals surface area contributed by atoms with Gasteiger partial charge in [-0.25, -0.2) is 4.98 Å². The van der Waals surface area contributed by atoms with Crippen molar-refractivity contribution in [3.8, 4) is 0 Å². The molecule has 23 heavy (non-hydrogen) atoms. The molecular weight excluding hydrogens is 358 g/mol. The van der Waals surface area contributed by atoms with E-state index in [0.29, 0.717) is 12.4 Å². The first-order valence-corrected chi connectivity index (χ1v) is 8.11. The van der Waals surface area contributed by atoms with Gasteiger partial charge in [0.1, 0.15) is 5.82 Å². The highest BCUT2D eigenvalue weighted by atomic mass is 79.9. The minimum Gasteiger partial charge on any atom is -0.312 e. The molecule has 1 aromatic carbocycles. The molecule has 0 bridgehead atoms. The smallest absolute Gasteiger partial charge is 0.230 e. The molecule has 1 aliphatic rings. The lowest BCUT2D eigenvalue weighted by atomic mass is 10.1. The zero-order valence-corrected chi connectivity index (χ0v) is 14.2. The molecule has 1 aromatic heterocycles. The number of benzene rings is 1. The summed E-state index contributed by atoms with van der Waals surface area (Å²) < 4.78 is 0.845. The van der Waals surface area contributed by atoms with Crippen molar-refractivity contribution in [2.24, 2.45) is 5.92 Å². The molecule has 6 heteroatoms. The fraction of sp³-hybridized carbons (Fsp3) is 0.235. The van der Waals surface area contributed by atoms with E-state index in [9.17, 15) is 9.59 Å². The number of rotatable bonds is 3. The maximum atomic E-state index is 12.3. The predicted octanol–water partition coefficient (Wildman–Crippen LogP) is 3.14. The van der Waals surface area contributed by atoms with Crippen molar-refractivity contribution in [1.82, 2.24) is 4.98 Å². The Bertz CT molecular complexity index is 729. The molecule has 3 rings (SSSR count).